The molecule has 7 nitrogen and oxygen atoms in total. The molecule has 0 radical (unpaired) electrons. The second-order valence-corrected chi connectivity index (χ2v) is 8.63. The number of hydrogen-bond donors (Lipinski definition) is 0. The van der Waals surface area contributed by atoms with Crippen molar-refractivity contribution in [2.45, 2.75) is 39.7 Å². The Bertz CT molecular complexity index is 1100. The van der Waals surface area contributed by atoms with Crippen LogP contribution in [0.4, 0.5) is 0 Å². The third-order valence-electron chi connectivity index (χ3n) is 6.17. The van der Waals surface area contributed by atoms with E-state index in [1.165, 1.54) is 15.4 Å². The molecule has 0 N–H and O–H groups in total. The lowest BCUT2D eigenvalue weighted by Gasteiger charge is -2.32. The van der Waals surface area contributed by atoms with Crippen LogP contribution in [0.2, 0.25) is 0 Å². The Labute approximate surface area is 187 Å². The summed E-state index contributed by atoms with van der Waals surface area (Å²) in [6.07, 6.45) is 0.616. The predicted molar refractivity (Wildman–Crippen MR) is 120 cm³/mol. The molecule has 0 aromatic heterocycles. The van der Waals surface area contributed by atoms with E-state index < -0.39 is 5.60 Å². The van der Waals surface area contributed by atoms with Crippen LogP contribution in [0.3, 0.4) is 0 Å². The van der Waals surface area contributed by atoms with Crippen LogP contribution in [0.15, 0.2) is 47.6 Å². The zero-order valence-electron chi connectivity index (χ0n) is 18.8. The quantitative estimate of drug-likeness (QED) is 0.694. The van der Waals surface area contributed by atoms with E-state index in [9.17, 15) is 14.4 Å². The van der Waals surface area contributed by atoms with Crippen molar-refractivity contribution < 1.29 is 19.2 Å². The molecule has 7 heteroatoms. The van der Waals surface area contributed by atoms with E-state index in [2.05, 4.69) is 29.4 Å². The summed E-state index contributed by atoms with van der Waals surface area (Å²) in [6.45, 7) is 7.80. The summed E-state index contributed by atoms with van der Waals surface area (Å²) in [5.41, 5.74) is 4.65. The summed E-state index contributed by atoms with van der Waals surface area (Å²) in [5, 5.41) is 4.33. The first-order valence-corrected chi connectivity index (χ1v) is 10.8. The summed E-state index contributed by atoms with van der Waals surface area (Å²) in [5.74, 6) is -1.01. The maximum absolute atomic E-state index is 13.0. The monoisotopic (exact) mass is 433 g/mol. The van der Waals surface area contributed by atoms with Gasteiger partial charge in [-0.3, -0.25) is 19.3 Å². The maximum atomic E-state index is 13.0. The standard InChI is InChI=1S/C25H27N3O4/c1-5-28-22(29)14-27(15-23(28)30)24(31)20-11-8-18(12-17(20)3)21-13-25(4,32-26-21)19-9-6-16(2)7-10-19/h6-12H,5,13-15H2,1-4H3. The number of piperazine rings is 1. The molecule has 0 aliphatic carbocycles. The van der Waals surface area contributed by atoms with Crippen LogP contribution in [0.5, 0.6) is 0 Å². The number of carbonyl (C=O) groups is 3. The molecular weight excluding hydrogens is 406 g/mol. The Morgan fingerprint density at radius 2 is 1.72 bits per heavy atom. The van der Waals surface area contributed by atoms with Crippen LogP contribution in [-0.2, 0) is 20.0 Å². The van der Waals surface area contributed by atoms with Crippen LogP contribution in [-0.4, -0.2) is 52.9 Å². The van der Waals surface area contributed by atoms with Gasteiger partial charge in [0.25, 0.3) is 5.91 Å². The lowest BCUT2D eigenvalue weighted by molar-refractivity contribution is -0.149. The highest BCUT2D eigenvalue weighted by atomic mass is 16.7. The largest absolute Gasteiger partial charge is 0.384 e. The average Bonchev–Trinajstić information content (AvgIpc) is 3.16. The van der Waals surface area contributed by atoms with Gasteiger partial charge in [-0.25, -0.2) is 0 Å². The summed E-state index contributed by atoms with van der Waals surface area (Å²) in [7, 11) is 0. The Morgan fingerprint density at radius 3 is 2.31 bits per heavy atom. The molecule has 32 heavy (non-hydrogen) atoms. The van der Waals surface area contributed by atoms with Gasteiger partial charge in [0.15, 0.2) is 5.60 Å². The minimum Gasteiger partial charge on any atom is -0.384 e. The van der Waals surface area contributed by atoms with E-state index in [-0.39, 0.29) is 30.8 Å². The van der Waals surface area contributed by atoms with Gasteiger partial charge in [-0.2, -0.15) is 0 Å². The number of rotatable bonds is 4. The van der Waals surface area contributed by atoms with Crippen molar-refractivity contribution in [3.05, 3.63) is 70.3 Å². The summed E-state index contributed by atoms with van der Waals surface area (Å²) in [4.78, 5) is 45.7. The van der Waals surface area contributed by atoms with Crippen LogP contribution in [0.25, 0.3) is 0 Å². The molecule has 0 saturated carbocycles. The number of likely N-dealkylation sites (N-methyl/N-ethyl adjacent to an activating group) is 1. The fourth-order valence-corrected chi connectivity index (χ4v) is 4.20. The van der Waals surface area contributed by atoms with Crippen molar-refractivity contribution in [1.82, 2.24) is 9.80 Å². The number of benzene rings is 2. The van der Waals surface area contributed by atoms with Gasteiger partial charge in [0.2, 0.25) is 11.8 Å². The van der Waals surface area contributed by atoms with Crippen molar-refractivity contribution in [3.63, 3.8) is 0 Å². The molecule has 1 saturated heterocycles. The molecule has 0 bridgehead atoms. The maximum Gasteiger partial charge on any atom is 0.255 e. The molecule has 1 atom stereocenters. The second kappa shape index (κ2) is 8.22. The Hall–Kier alpha value is -3.48. The molecule has 2 aromatic rings. The van der Waals surface area contributed by atoms with E-state index in [4.69, 9.17) is 4.84 Å². The van der Waals surface area contributed by atoms with Crippen molar-refractivity contribution in [2.75, 3.05) is 19.6 Å². The van der Waals surface area contributed by atoms with Gasteiger partial charge in [-0.05, 0) is 56.5 Å². The van der Waals surface area contributed by atoms with Gasteiger partial charge < -0.3 is 9.74 Å². The smallest absolute Gasteiger partial charge is 0.255 e. The van der Waals surface area contributed by atoms with E-state index in [1.54, 1.807) is 13.0 Å². The molecule has 0 spiro atoms. The number of nitrogens with zero attached hydrogens (tertiary/aromatic N) is 3. The normalized spacial score (nSPS) is 20.9. The molecule has 166 valence electrons. The van der Waals surface area contributed by atoms with Crippen molar-refractivity contribution in [3.8, 4) is 0 Å². The van der Waals surface area contributed by atoms with Crippen molar-refractivity contribution >= 4 is 23.4 Å². The van der Waals surface area contributed by atoms with Crippen molar-refractivity contribution in [2.24, 2.45) is 5.16 Å². The van der Waals surface area contributed by atoms with Crippen LogP contribution in [0.1, 0.15) is 52.9 Å². The molecule has 1 unspecified atom stereocenters. The number of carbonyl (C=O) groups excluding carboxylic acids is 3. The fraction of sp³-hybridized carbons (Fsp3) is 0.360. The van der Waals surface area contributed by atoms with Gasteiger partial charge in [0, 0.05) is 18.5 Å². The van der Waals surface area contributed by atoms with Gasteiger partial charge >= 0.3 is 0 Å². The highest BCUT2D eigenvalue weighted by Gasteiger charge is 2.37. The molecule has 1 fully saturated rings. The third kappa shape index (κ3) is 3.90. The first-order valence-electron chi connectivity index (χ1n) is 10.8. The molecular formula is C25H27N3O4. The zero-order valence-corrected chi connectivity index (χ0v) is 18.8. The highest BCUT2D eigenvalue weighted by molar-refractivity contribution is 6.07. The molecule has 3 amide bonds. The molecule has 2 aliphatic heterocycles. The van der Waals surface area contributed by atoms with Crippen LogP contribution in [0, 0.1) is 13.8 Å². The molecule has 2 heterocycles. The number of imide groups is 1. The lowest BCUT2D eigenvalue weighted by atomic mass is 9.88. The number of hydrogen-bond acceptors (Lipinski definition) is 5. The number of amides is 3. The number of aryl methyl sites for hydroxylation is 2. The lowest BCUT2D eigenvalue weighted by Crippen LogP contribution is -2.55. The van der Waals surface area contributed by atoms with E-state index >= 15 is 0 Å². The minimum atomic E-state index is -0.537. The minimum absolute atomic E-state index is 0.0882. The first-order chi connectivity index (χ1) is 15.2. The third-order valence-corrected chi connectivity index (χ3v) is 6.17. The Kier molecular flexibility index (Phi) is 5.59. The first kappa shape index (κ1) is 21.7. The summed E-state index contributed by atoms with van der Waals surface area (Å²) < 4.78 is 0. The van der Waals surface area contributed by atoms with Gasteiger partial charge in [0.05, 0.1) is 5.71 Å². The zero-order chi connectivity index (χ0) is 23.0. The SMILES string of the molecule is CCN1C(=O)CN(C(=O)c2ccc(C3=NOC(C)(c4ccc(C)cc4)C3)cc2C)CC1=O. The Morgan fingerprint density at radius 1 is 1.06 bits per heavy atom. The highest BCUT2D eigenvalue weighted by Crippen LogP contribution is 2.36. The fourth-order valence-electron chi connectivity index (χ4n) is 4.20. The molecule has 2 aromatic carbocycles. The average molecular weight is 434 g/mol. The summed E-state index contributed by atoms with van der Waals surface area (Å²) in [6, 6.07) is 13.7. The summed E-state index contributed by atoms with van der Waals surface area (Å²) >= 11 is 0. The van der Waals surface area contributed by atoms with Crippen molar-refractivity contribution in [1.29, 1.82) is 0 Å². The van der Waals surface area contributed by atoms with E-state index in [0.29, 0.717) is 18.5 Å². The Balaban J connectivity index is 1.50. The molecule has 4 rings (SSSR count). The van der Waals surface area contributed by atoms with Gasteiger partial charge in [-0.15, -0.1) is 0 Å². The van der Waals surface area contributed by atoms with E-state index in [0.717, 1.165) is 22.4 Å². The molecule has 2 aliphatic rings. The topological polar surface area (TPSA) is 79.3 Å². The second-order valence-electron chi connectivity index (χ2n) is 8.63. The van der Waals surface area contributed by atoms with Crippen LogP contribution >= 0.6 is 0 Å². The predicted octanol–water partition coefficient (Wildman–Crippen LogP) is 3.17. The van der Waals surface area contributed by atoms with Crippen LogP contribution < -0.4 is 0 Å². The number of oxime groups is 1. The van der Waals surface area contributed by atoms with E-state index in [1.807, 2.05) is 32.9 Å². The van der Waals surface area contributed by atoms with Gasteiger partial charge in [0.1, 0.15) is 13.1 Å². The van der Waals surface area contributed by atoms with Gasteiger partial charge in [-0.1, -0.05) is 41.1 Å².